The summed E-state index contributed by atoms with van der Waals surface area (Å²) in [6, 6.07) is 1.47. The Morgan fingerprint density at radius 3 is 2.92 bits per heavy atom. The van der Waals surface area contributed by atoms with Crippen molar-refractivity contribution < 1.29 is 9.59 Å². The predicted molar refractivity (Wildman–Crippen MR) is 95.6 cm³/mol. The Kier molecular flexibility index (Phi) is 5.04. The van der Waals surface area contributed by atoms with Crippen molar-refractivity contribution >= 4 is 23.3 Å². The fraction of sp³-hybridized carbons (Fsp3) is 0.444. The molecule has 24 heavy (non-hydrogen) atoms. The lowest BCUT2D eigenvalue weighted by molar-refractivity contribution is -0.125. The van der Waals surface area contributed by atoms with E-state index < -0.39 is 0 Å². The van der Waals surface area contributed by atoms with Crippen molar-refractivity contribution in [3.8, 4) is 0 Å². The van der Waals surface area contributed by atoms with Gasteiger partial charge in [0.1, 0.15) is 0 Å². The van der Waals surface area contributed by atoms with Crippen molar-refractivity contribution in [3.05, 3.63) is 46.3 Å². The van der Waals surface area contributed by atoms with Gasteiger partial charge in [0.25, 0.3) is 5.91 Å². The molecule has 1 N–H and O–H groups in total. The average Bonchev–Trinajstić information content (AvgIpc) is 3.20. The third-order valence-electron chi connectivity index (χ3n) is 4.52. The van der Waals surface area contributed by atoms with Gasteiger partial charge in [0, 0.05) is 13.1 Å². The maximum atomic E-state index is 13.0. The van der Waals surface area contributed by atoms with Crippen LogP contribution >= 0.6 is 11.3 Å². The summed E-state index contributed by atoms with van der Waals surface area (Å²) in [5.74, 6) is 0.0476. The summed E-state index contributed by atoms with van der Waals surface area (Å²) < 4.78 is 0. The molecule has 5 nitrogen and oxygen atoms in total. The molecule has 0 aliphatic carbocycles. The summed E-state index contributed by atoms with van der Waals surface area (Å²) in [4.78, 5) is 29.0. The van der Waals surface area contributed by atoms with Crippen LogP contribution in [0.3, 0.4) is 0 Å². The number of rotatable bonds is 7. The fourth-order valence-electron chi connectivity index (χ4n) is 3.29. The molecule has 3 amide bonds. The number of unbranched alkanes of at least 4 members (excludes halogenated alkanes) is 2. The number of thiophene rings is 1. The topological polar surface area (TPSA) is 52.7 Å². The Bertz CT molecular complexity index is 666. The number of urea groups is 1. The molecule has 1 aromatic rings. The molecule has 3 heterocycles. The van der Waals surface area contributed by atoms with E-state index in [2.05, 4.69) is 18.8 Å². The summed E-state index contributed by atoms with van der Waals surface area (Å²) in [5.41, 5.74) is 2.52. The minimum atomic E-state index is -0.344. The van der Waals surface area contributed by atoms with Crippen LogP contribution in [-0.4, -0.2) is 41.4 Å². The van der Waals surface area contributed by atoms with E-state index in [4.69, 9.17) is 0 Å². The summed E-state index contributed by atoms with van der Waals surface area (Å²) in [6.07, 6.45) is 4.92. The van der Waals surface area contributed by atoms with Gasteiger partial charge in [-0.05, 0) is 28.8 Å². The number of carbonyl (C=O) groups excluding carboxylic acids is 2. The van der Waals surface area contributed by atoms with Crippen molar-refractivity contribution in [2.45, 2.75) is 32.2 Å². The molecule has 6 heteroatoms. The predicted octanol–water partition coefficient (Wildman–Crippen LogP) is 3.29. The van der Waals surface area contributed by atoms with E-state index in [9.17, 15) is 9.59 Å². The molecule has 128 valence electrons. The van der Waals surface area contributed by atoms with Crippen LogP contribution < -0.4 is 5.32 Å². The lowest BCUT2D eigenvalue weighted by atomic mass is 9.98. The summed E-state index contributed by atoms with van der Waals surface area (Å²) in [6.45, 7) is 7.55. The summed E-state index contributed by atoms with van der Waals surface area (Å²) >= 11 is 1.57. The lowest BCUT2D eigenvalue weighted by Crippen LogP contribution is -2.47. The van der Waals surface area contributed by atoms with Crippen molar-refractivity contribution in [3.63, 3.8) is 0 Å². The van der Waals surface area contributed by atoms with Gasteiger partial charge in [-0.3, -0.25) is 9.69 Å². The van der Waals surface area contributed by atoms with Crippen LogP contribution in [-0.2, 0) is 4.79 Å². The molecule has 3 rings (SSSR count). The highest BCUT2D eigenvalue weighted by atomic mass is 32.1. The van der Waals surface area contributed by atoms with Crippen LogP contribution in [0.4, 0.5) is 4.79 Å². The molecule has 0 bridgehead atoms. The number of carbonyl (C=O) groups is 2. The van der Waals surface area contributed by atoms with Crippen LogP contribution in [0.2, 0.25) is 0 Å². The highest BCUT2D eigenvalue weighted by Crippen LogP contribution is 2.36. The first-order valence-electron chi connectivity index (χ1n) is 8.40. The average molecular weight is 345 g/mol. The van der Waals surface area contributed by atoms with Gasteiger partial charge in [0.05, 0.1) is 23.9 Å². The summed E-state index contributed by atoms with van der Waals surface area (Å²) in [5, 5.41) is 6.94. The van der Waals surface area contributed by atoms with E-state index in [0.29, 0.717) is 18.7 Å². The Morgan fingerprint density at radius 1 is 1.42 bits per heavy atom. The molecule has 1 aromatic heterocycles. The maximum Gasteiger partial charge on any atom is 0.322 e. The molecule has 0 saturated heterocycles. The van der Waals surface area contributed by atoms with Gasteiger partial charge < -0.3 is 10.2 Å². The molecular formula is C18H23N3O2S. The van der Waals surface area contributed by atoms with Gasteiger partial charge in [-0.1, -0.05) is 25.8 Å². The number of nitrogens with one attached hydrogen (secondary N) is 1. The Labute approximate surface area is 146 Å². The zero-order valence-electron chi connectivity index (χ0n) is 14.0. The van der Waals surface area contributed by atoms with Crippen LogP contribution in [0.15, 0.2) is 40.8 Å². The molecule has 2 aliphatic rings. The molecule has 0 radical (unpaired) electrons. The molecule has 1 unspecified atom stereocenters. The van der Waals surface area contributed by atoms with Crippen molar-refractivity contribution in [1.82, 2.24) is 15.1 Å². The normalized spacial score (nSPS) is 20.5. The number of amides is 3. The van der Waals surface area contributed by atoms with Crippen molar-refractivity contribution in [1.29, 1.82) is 0 Å². The second-order valence-electron chi connectivity index (χ2n) is 6.13. The van der Waals surface area contributed by atoms with E-state index in [0.717, 1.165) is 37.1 Å². The Hall–Kier alpha value is -2.08. The fourth-order valence-corrected chi connectivity index (χ4v) is 3.98. The third kappa shape index (κ3) is 2.98. The quantitative estimate of drug-likeness (QED) is 0.609. The molecule has 0 fully saturated rings. The van der Waals surface area contributed by atoms with Crippen LogP contribution in [0.5, 0.6) is 0 Å². The van der Waals surface area contributed by atoms with E-state index in [1.54, 1.807) is 22.3 Å². The third-order valence-corrected chi connectivity index (χ3v) is 5.22. The van der Waals surface area contributed by atoms with Crippen molar-refractivity contribution in [2.24, 2.45) is 0 Å². The van der Waals surface area contributed by atoms with E-state index in [-0.39, 0.29) is 18.0 Å². The Balaban J connectivity index is 1.91. The monoisotopic (exact) mass is 345 g/mol. The van der Waals surface area contributed by atoms with Crippen LogP contribution in [0.1, 0.15) is 37.8 Å². The lowest BCUT2D eigenvalue weighted by Gasteiger charge is -2.32. The minimum Gasteiger partial charge on any atom is -0.333 e. The molecule has 0 spiro atoms. The second kappa shape index (κ2) is 7.21. The zero-order chi connectivity index (χ0) is 17.1. The van der Waals surface area contributed by atoms with Gasteiger partial charge in [0.15, 0.2) is 0 Å². The summed E-state index contributed by atoms with van der Waals surface area (Å²) in [7, 11) is 0. The van der Waals surface area contributed by atoms with E-state index in [1.165, 1.54) is 0 Å². The number of nitrogens with zero attached hydrogens (tertiary/aromatic N) is 2. The second-order valence-corrected chi connectivity index (χ2v) is 6.91. The molecule has 0 saturated carbocycles. The van der Waals surface area contributed by atoms with Gasteiger partial charge in [-0.2, -0.15) is 11.3 Å². The number of hydrogen-bond acceptors (Lipinski definition) is 3. The highest BCUT2D eigenvalue weighted by Gasteiger charge is 2.43. The van der Waals surface area contributed by atoms with E-state index >= 15 is 0 Å². The highest BCUT2D eigenvalue weighted by molar-refractivity contribution is 7.08. The first kappa shape index (κ1) is 16.8. The van der Waals surface area contributed by atoms with Crippen LogP contribution in [0, 0.1) is 0 Å². The van der Waals surface area contributed by atoms with Gasteiger partial charge in [0.2, 0.25) is 0 Å². The minimum absolute atomic E-state index is 0.0476. The number of hydrogen-bond donors (Lipinski definition) is 1. The largest absolute Gasteiger partial charge is 0.333 e. The smallest absolute Gasteiger partial charge is 0.322 e. The Morgan fingerprint density at radius 2 is 2.25 bits per heavy atom. The van der Waals surface area contributed by atoms with E-state index in [1.807, 2.05) is 21.7 Å². The molecule has 0 aromatic carbocycles. The molecular weight excluding hydrogens is 322 g/mol. The SMILES string of the molecule is C=CCN1C(=O)NC(c2ccsc2)C2=C1CN(CCCCC)C2=O. The first-order valence-corrected chi connectivity index (χ1v) is 9.35. The van der Waals surface area contributed by atoms with Gasteiger partial charge >= 0.3 is 6.03 Å². The zero-order valence-corrected chi connectivity index (χ0v) is 14.8. The van der Waals surface area contributed by atoms with Gasteiger partial charge in [-0.25, -0.2) is 4.79 Å². The van der Waals surface area contributed by atoms with Crippen LogP contribution in [0.25, 0.3) is 0 Å². The first-order chi connectivity index (χ1) is 11.7. The maximum absolute atomic E-state index is 13.0. The van der Waals surface area contributed by atoms with Crippen molar-refractivity contribution in [2.75, 3.05) is 19.6 Å². The van der Waals surface area contributed by atoms with Gasteiger partial charge in [-0.15, -0.1) is 6.58 Å². The molecule has 2 aliphatic heterocycles. The standard InChI is InChI=1S/C18H23N3O2S/c1-3-5-6-9-20-11-14-15(17(20)22)16(13-7-10-24-12-13)19-18(23)21(14)8-4-2/h4,7,10,12,16H,2-3,5-6,8-9,11H2,1H3,(H,19,23). The molecule has 1 atom stereocenters.